The van der Waals surface area contributed by atoms with Crippen LogP contribution < -0.4 is 10.2 Å². The van der Waals surface area contributed by atoms with Crippen LogP contribution >= 0.6 is 0 Å². The average Bonchev–Trinajstić information content (AvgIpc) is 3.04. The molecule has 9 nitrogen and oxygen atoms in total. The van der Waals surface area contributed by atoms with Crippen molar-refractivity contribution in [2.45, 2.75) is 6.92 Å². The van der Waals surface area contributed by atoms with E-state index in [0.29, 0.717) is 12.1 Å². The van der Waals surface area contributed by atoms with Crippen molar-refractivity contribution in [2.75, 3.05) is 42.9 Å². The van der Waals surface area contributed by atoms with Crippen LogP contribution in [-0.4, -0.2) is 68.5 Å². The third-order valence-electron chi connectivity index (χ3n) is 4.71. The van der Waals surface area contributed by atoms with Crippen LogP contribution in [0.25, 0.3) is 11.2 Å². The maximum atomic E-state index is 12.3. The van der Waals surface area contributed by atoms with Gasteiger partial charge >= 0.3 is 0 Å². The van der Waals surface area contributed by atoms with E-state index in [2.05, 4.69) is 35.4 Å². The normalized spacial score (nSPS) is 15.3. The monoisotopic (exact) mass is 366 g/mol. The zero-order valence-corrected chi connectivity index (χ0v) is 15.5. The van der Waals surface area contributed by atoms with Gasteiger partial charge in [0.2, 0.25) is 5.91 Å². The molecule has 140 valence electrons. The first-order valence-corrected chi connectivity index (χ1v) is 8.94. The van der Waals surface area contributed by atoms with Crippen LogP contribution in [-0.2, 0) is 11.8 Å². The molecule has 9 heteroatoms. The van der Waals surface area contributed by atoms with Crippen LogP contribution in [0.15, 0.2) is 30.6 Å². The number of fused-ring (bicyclic) bond motifs is 1. The summed E-state index contributed by atoms with van der Waals surface area (Å²) in [6.45, 7) is 5.52. The Morgan fingerprint density at radius 2 is 2.00 bits per heavy atom. The van der Waals surface area contributed by atoms with E-state index in [9.17, 15) is 4.79 Å². The second-order valence-corrected chi connectivity index (χ2v) is 6.76. The first-order valence-electron chi connectivity index (χ1n) is 8.94. The lowest BCUT2D eigenvalue weighted by atomic mass is 10.2. The molecule has 0 aliphatic carbocycles. The fourth-order valence-corrected chi connectivity index (χ4v) is 3.32. The Balaban J connectivity index is 1.35. The van der Waals surface area contributed by atoms with Crippen molar-refractivity contribution in [3.63, 3.8) is 0 Å². The zero-order chi connectivity index (χ0) is 18.8. The fourth-order valence-electron chi connectivity index (χ4n) is 3.32. The van der Waals surface area contributed by atoms with Gasteiger partial charge in [0, 0.05) is 38.9 Å². The first-order chi connectivity index (χ1) is 13.1. The van der Waals surface area contributed by atoms with Gasteiger partial charge in [0.25, 0.3) is 0 Å². The van der Waals surface area contributed by atoms with Gasteiger partial charge in [-0.25, -0.2) is 14.6 Å². The minimum atomic E-state index is 0.00685. The molecule has 1 aromatic carbocycles. The number of hydrogen-bond donors (Lipinski definition) is 1. The average molecular weight is 366 g/mol. The van der Waals surface area contributed by atoms with Crippen LogP contribution in [0.4, 0.5) is 11.5 Å². The molecular weight excluding hydrogens is 344 g/mol. The molecule has 3 heterocycles. The Hall–Kier alpha value is -3.07. The van der Waals surface area contributed by atoms with E-state index >= 15 is 0 Å². The standard InChI is InChI=1S/C18H22N8O/c1-13-4-3-5-14(10-13)21-15(27)11-25-6-8-26(9-7-25)18-16-17(19-12-20-18)24(2)23-22-16/h3-5,10,12H,6-9,11H2,1-2H3,(H,21,27). The fraction of sp³-hybridized carbons (Fsp3) is 0.389. The van der Waals surface area contributed by atoms with Gasteiger partial charge in [-0.3, -0.25) is 9.69 Å². The molecule has 1 N–H and O–H groups in total. The summed E-state index contributed by atoms with van der Waals surface area (Å²) in [7, 11) is 1.82. The number of aromatic nitrogens is 5. The number of nitrogens with one attached hydrogen (secondary N) is 1. The number of carbonyl (C=O) groups is 1. The van der Waals surface area contributed by atoms with E-state index in [4.69, 9.17) is 0 Å². The van der Waals surface area contributed by atoms with Gasteiger partial charge in [-0.2, -0.15) is 0 Å². The lowest BCUT2D eigenvalue weighted by molar-refractivity contribution is -0.117. The van der Waals surface area contributed by atoms with Crippen molar-refractivity contribution in [1.29, 1.82) is 0 Å². The van der Waals surface area contributed by atoms with Gasteiger partial charge < -0.3 is 10.2 Å². The van der Waals surface area contributed by atoms with Gasteiger partial charge in [-0.05, 0) is 24.6 Å². The molecule has 0 radical (unpaired) electrons. The summed E-state index contributed by atoms with van der Waals surface area (Å²) >= 11 is 0. The summed E-state index contributed by atoms with van der Waals surface area (Å²) in [5, 5.41) is 11.2. The Labute approximate surface area is 157 Å². The van der Waals surface area contributed by atoms with Gasteiger partial charge in [-0.15, -0.1) is 5.10 Å². The molecule has 1 saturated heterocycles. The van der Waals surface area contributed by atoms with Crippen LogP contribution in [0.1, 0.15) is 5.56 Å². The minimum absolute atomic E-state index is 0.00685. The van der Waals surface area contributed by atoms with E-state index in [1.807, 2.05) is 38.2 Å². The molecule has 0 bridgehead atoms. The largest absolute Gasteiger partial charge is 0.352 e. The molecule has 1 aliphatic rings. The molecule has 1 fully saturated rings. The molecule has 3 aromatic rings. The highest BCUT2D eigenvalue weighted by atomic mass is 16.2. The number of anilines is 2. The molecule has 0 spiro atoms. The maximum absolute atomic E-state index is 12.3. The minimum Gasteiger partial charge on any atom is -0.352 e. The topological polar surface area (TPSA) is 92.1 Å². The van der Waals surface area contributed by atoms with E-state index < -0.39 is 0 Å². The van der Waals surface area contributed by atoms with Crippen molar-refractivity contribution in [2.24, 2.45) is 7.05 Å². The number of piperazine rings is 1. The highest BCUT2D eigenvalue weighted by Crippen LogP contribution is 2.21. The number of amides is 1. The van der Waals surface area contributed by atoms with E-state index in [1.54, 1.807) is 11.0 Å². The lowest BCUT2D eigenvalue weighted by Gasteiger charge is -2.34. The van der Waals surface area contributed by atoms with Gasteiger partial charge in [-0.1, -0.05) is 17.3 Å². The molecule has 1 amide bonds. The summed E-state index contributed by atoms with van der Waals surface area (Å²) in [4.78, 5) is 25.3. The van der Waals surface area contributed by atoms with Crippen LogP contribution in [0.5, 0.6) is 0 Å². The molecule has 4 rings (SSSR count). The maximum Gasteiger partial charge on any atom is 0.238 e. The van der Waals surface area contributed by atoms with Crippen LogP contribution in [0, 0.1) is 6.92 Å². The van der Waals surface area contributed by atoms with Crippen molar-refractivity contribution < 1.29 is 4.79 Å². The quantitative estimate of drug-likeness (QED) is 0.731. The zero-order valence-electron chi connectivity index (χ0n) is 15.5. The second kappa shape index (κ2) is 7.28. The Kier molecular flexibility index (Phi) is 4.68. The molecule has 0 unspecified atom stereocenters. The summed E-state index contributed by atoms with van der Waals surface area (Å²) in [6.07, 6.45) is 1.54. The number of rotatable bonds is 4. The van der Waals surface area contributed by atoms with Gasteiger partial charge in [0.1, 0.15) is 6.33 Å². The van der Waals surface area contributed by atoms with Crippen molar-refractivity contribution in [3.8, 4) is 0 Å². The third kappa shape index (κ3) is 3.72. The van der Waals surface area contributed by atoms with Crippen LogP contribution in [0.3, 0.4) is 0 Å². The lowest BCUT2D eigenvalue weighted by Crippen LogP contribution is -2.49. The Bertz CT molecular complexity index is 961. The molecule has 2 aromatic heterocycles. The SMILES string of the molecule is Cc1cccc(NC(=O)CN2CCN(c3ncnc4c3nnn4C)CC2)c1. The Morgan fingerprint density at radius 3 is 2.78 bits per heavy atom. The van der Waals surface area contributed by atoms with Crippen molar-refractivity contribution in [1.82, 2.24) is 29.9 Å². The van der Waals surface area contributed by atoms with E-state index in [0.717, 1.165) is 48.9 Å². The van der Waals surface area contributed by atoms with Crippen LogP contribution in [0.2, 0.25) is 0 Å². The number of benzene rings is 1. The third-order valence-corrected chi connectivity index (χ3v) is 4.71. The number of nitrogens with zero attached hydrogens (tertiary/aromatic N) is 7. The molecule has 27 heavy (non-hydrogen) atoms. The van der Waals surface area contributed by atoms with E-state index in [1.165, 1.54) is 0 Å². The van der Waals surface area contributed by atoms with E-state index in [-0.39, 0.29) is 5.91 Å². The summed E-state index contributed by atoms with van der Waals surface area (Å²) < 4.78 is 1.65. The molecule has 0 saturated carbocycles. The van der Waals surface area contributed by atoms with Crippen molar-refractivity contribution in [3.05, 3.63) is 36.2 Å². The predicted octanol–water partition coefficient (Wildman–Crippen LogP) is 0.827. The molecule has 1 aliphatic heterocycles. The van der Waals surface area contributed by atoms with Gasteiger partial charge in [0.15, 0.2) is 17.0 Å². The predicted molar refractivity (Wildman–Crippen MR) is 103 cm³/mol. The number of hydrogen-bond acceptors (Lipinski definition) is 7. The van der Waals surface area contributed by atoms with Gasteiger partial charge in [0.05, 0.1) is 6.54 Å². The smallest absolute Gasteiger partial charge is 0.238 e. The highest BCUT2D eigenvalue weighted by Gasteiger charge is 2.23. The second-order valence-electron chi connectivity index (χ2n) is 6.76. The molecule has 0 atom stereocenters. The van der Waals surface area contributed by atoms with Crippen molar-refractivity contribution >= 4 is 28.6 Å². The number of carbonyl (C=O) groups excluding carboxylic acids is 1. The number of aryl methyl sites for hydroxylation is 2. The summed E-state index contributed by atoms with van der Waals surface area (Å²) in [5.74, 6) is 0.810. The Morgan fingerprint density at radius 1 is 1.19 bits per heavy atom. The summed E-state index contributed by atoms with van der Waals surface area (Å²) in [6, 6.07) is 7.83. The summed E-state index contributed by atoms with van der Waals surface area (Å²) in [5.41, 5.74) is 3.40. The first kappa shape index (κ1) is 17.3. The highest BCUT2D eigenvalue weighted by molar-refractivity contribution is 5.92. The molecular formula is C18H22N8O.